The Bertz CT molecular complexity index is 616. The molecule has 0 radical (unpaired) electrons. The standard InChI is InChI=1S/C27H42O2/c1-2-3-4-5-23(25(28)29)24-22-10-20-9-21(11-22)16-27(24,15-20)26-12-17-6-18(13-26)8-19(7-17)14-26/h17-24H,2-16H2,1H3,(H,28,29). The quantitative estimate of drug-likeness (QED) is 0.472. The molecule has 0 aromatic rings. The van der Waals surface area contributed by atoms with Gasteiger partial charge in [-0.05, 0) is 129 Å². The van der Waals surface area contributed by atoms with Crippen LogP contribution in [0.15, 0.2) is 0 Å². The van der Waals surface area contributed by atoms with Crippen LogP contribution in [0, 0.1) is 58.2 Å². The third kappa shape index (κ3) is 2.75. The molecule has 0 aromatic heterocycles. The van der Waals surface area contributed by atoms with Gasteiger partial charge >= 0.3 is 5.97 Å². The molecule has 0 spiro atoms. The fourth-order valence-corrected chi connectivity index (χ4v) is 11.4. The Morgan fingerprint density at radius 1 is 0.828 bits per heavy atom. The van der Waals surface area contributed by atoms with Gasteiger partial charge in [-0.25, -0.2) is 0 Å². The fraction of sp³-hybridized carbons (Fsp3) is 0.963. The van der Waals surface area contributed by atoms with E-state index in [2.05, 4.69) is 6.92 Å². The maximum absolute atomic E-state index is 12.7. The second-order valence-electron chi connectivity index (χ2n) is 12.9. The number of unbranched alkanes of at least 4 members (excludes halogenated alkanes) is 2. The zero-order valence-corrected chi connectivity index (χ0v) is 18.6. The molecule has 8 aliphatic rings. The third-order valence-electron chi connectivity index (χ3n) is 11.4. The Morgan fingerprint density at radius 3 is 1.83 bits per heavy atom. The van der Waals surface area contributed by atoms with E-state index in [1.165, 1.54) is 83.5 Å². The average Bonchev–Trinajstić information content (AvgIpc) is 2.64. The predicted molar refractivity (Wildman–Crippen MR) is 115 cm³/mol. The van der Waals surface area contributed by atoms with Gasteiger partial charge in [-0.15, -0.1) is 0 Å². The van der Waals surface area contributed by atoms with E-state index in [1.807, 2.05) is 0 Å². The van der Waals surface area contributed by atoms with Gasteiger partial charge in [0.15, 0.2) is 0 Å². The lowest BCUT2D eigenvalue weighted by atomic mass is 9.31. The Labute approximate surface area is 177 Å². The van der Waals surface area contributed by atoms with Gasteiger partial charge in [0, 0.05) is 0 Å². The Hall–Kier alpha value is -0.530. The molecule has 162 valence electrons. The van der Waals surface area contributed by atoms with Crippen LogP contribution in [-0.4, -0.2) is 11.1 Å². The summed E-state index contributed by atoms with van der Waals surface area (Å²) in [6.07, 6.45) is 20.5. The molecule has 8 fully saturated rings. The molecule has 0 saturated heterocycles. The second kappa shape index (κ2) is 6.73. The molecule has 8 rings (SSSR count). The molecule has 2 nitrogen and oxygen atoms in total. The normalized spacial score (nSPS) is 52.8. The lowest BCUT2D eigenvalue weighted by Crippen LogP contribution is -2.66. The number of aliphatic carboxylic acids is 1. The van der Waals surface area contributed by atoms with Crippen LogP contribution in [0.25, 0.3) is 0 Å². The van der Waals surface area contributed by atoms with Crippen LogP contribution in [0.3, 0.4) is 0 Å². The highest BCUT2D eigenvalue weighted by Gasteiger charge is 2.69. The third-order valence-corrected chi connectivity index (χ3v) is 11.4. The molecule has 2 heteroatoms. The van der Waals surface area contributed by atoms with Crippen molar-refractivity contribution in [1.29, 1.82) is 0 Å². The molecular weight excluding hydrogens is 356 g/mol. The molecule has 4 atom stereocenters. The average molecular weight is 399 g/mol. The van der Waals surface area contributed by atoms with Gasteiger partial charge in [-0.1, -0.05) is 26.2 Å². The highest BCUT2D eigenvalue weighted by molar-refractivity contribution is 5.70. The van der Waals surface area contributed by atoms with Crippen molar-refractivity contribution in [3.63, 3.8) is 0 Å². The van der Waals surface area contributed by atoms with E-state index in [9.17, 15) is 9.90 Å². The molecule has 29 heavy (non-hydrogen) atoms. The van der Waals surface area contributed by atoms with Gasteiger partial charge in [0.2, 0.25) is 0 Å². The highest BCUT2D eigenvalue weighted by atomic mass is 16.4. The molecular formula is C27H42O2. The Balaban J connectivity index is 1.40. The van der Waals surface area contributed by atoms with E-state index in [4.69, 9.17) is 0 Å². The van der Waals surface area contributed by atoms with E-state index in [0.29, 0.717) is 16.7 Å². The van der Waals surface area contributed by atoms with E-state index in [1.54, 1.807) is 0 Å². The minimum atomic E-state index is -0.442. The van der Waals surface area contributed by atoms with Crippen LogP contribution in [0.4, 0.5) is 0 Å². The summed E-state index contributed by atoms with van der Waals surface area (Å²) in [5, 5.41) is 10.5. The Morgan fingerprint density at radius 2 is 1.34 bits per heavy atom. The fourth-order valence-electron chi connectivity index (χ4n) is 11.4. The minimum absolute atomic E-state index is 0.0560. The van der Waals surface area contributed by atoms with Gasteiger partial charge in [-0.2, -0.15) is 0 Å². The van der Waals surface area contributed by atoms with Gasteiger partial charge in [-0.3, -0.25) is 4.79 Å². The summed E-state index contributed by atoms with van der Waals surface area (Å²) in [5.74, 6) is 5.55. The van der Waals surface area contributed by atoms with Crippen molar-refractivity contribution < 1.29 is 9.90 Å². The molecule has 0 aliphatic heterocycles. The van der Waals surface area contributed by atoms with Crippen molar-refractivity contribution in [2.75, 3.05) is 0 Å². The summed E-state index contributed by atoms with van der Waals surface area (Å²) in [6.45, 7) is 2.25. The number of carboxylic acids is 1. The SMILES string of the molecule is CCCCCC(C(=O)O)C1C2CC3CC(C2)CC1(C12CC4CC(CC(C4)C1)C2)C3. The maximum Gasteiger partial charge on any atom is 0.306 e. The summed E-state index contributed by atoms with van der Waals surface area (Å²) in [7, 11) is 0. The number of carbonyl (C=O) groups is 1. The molecule has 0 heterocycles. The first-order valence-electron chi connectivity index (χ1n) is 13.2. The first-order chi connectivity index (χ1) is 14.0. The number of hydrogen-bond donors (Lipinski definition) is 1. The number of carboxylic acid groups (broad SMARTS) is 1. The van der Waals surface area contributed by atoms with Crippen LogP contribution >= 0.6 is 0 Å². The molecule has 0 aromatic carbocycles. The first kappa shape index (κ1) is 19.2. The summed E-state index contributed by atoms with van der Waals surface area (Å²) >= 11 is 0. The van der Waals surface area contributed by atoms with Crippen molar-refractivity contribution in [1.82, 2.24) is 0 Å². The minimum Gasteiger partial charge on any atom is -0.481 e. The lowest BCUT2D eigenvalue weighted by molar-refractivity contribution is -0.244. The van der Waals surface area contributed by atoms with Crippen LogP contribution in [0.1, 0.15) is 103 Å². The van der Waals surface area contributed by atoms with E-state index in [-0.39, 0.29) is 5.92 Å². The molecule has 1 N–H and O–H groups in total. The van der Waals surface area contributed by atoms with Crippen molar-refractivity contribution >= 4 is 5.97 Å². The van der Waals surface area contributed by atoms with Gasteiger partial charge in [0.25, 0.3) is 0 Å². The monoisotopic (exact) mass is 398 g/mol. The van der Waals surface area contributed by atoms with Gasteiger partial charge < -0.3 is 5.11 Å². The molecule has 8 aliphatic carbocycles. The van der Waals surface area contributed by atoms with Crippen LogP contribution in [-0.2, 0) is 4.79 Å². The van der Waals surface area contributed by atoms with Crippen molar-refractivity contribution in [3.8, 4) is 0 Å². The summed E-state index contributed by atoms with van der Waals surface area (Å²) in [5.41, 5.74) is 0.925. The van der Waals surface area contributed by atoms with Crippen molar-refractivity contribution in [2.45, 2.75) is 103 Å². The Kier molecular flexibility index (Phi) is 4.45. The predicted octanol–water partition coefficient (Wildman–Crippen LogP) is 6.93. The summed E-state index contributed by atoms with van der Waals surface area (Å²) in [4.78, 5) is 12.7. The topological polar surface area (TPSA) is 37.3 Å². The summed E-state index contributed by atoms with van der Waals surface area (Å²) < 4.78 is 0. The molecule has 4 unspecified atom stereocenters. The van der Waals surface area contributed by atoms with Gasteiger partial charge in [0.05, 0.1) is 5.92 Å². The second-order valence-corrected chi connectivity index (χ2v) is 12.9. The zero-order valence-electron chi connectivity index (χ0n) is 18.6. The maximum atomic E-state index is 12.7. The number of rotatable bonds is 7. The smallest absolute Gasteiger partial charge is 0.306 e. The molecule has 8 bridgehead atoms. The van der Waals surface area contributed by atoms with E-state index in [0.717, 1.165) is 48.3 Å². The van der Waals surface area contributed by atoms with Gasteiger partial charge in [0.1, 0.15) is 0 Å². The zero-order chi connectivity index (χ0) is 19.8. The van der Waals surface area contributed by atoms with Crippen molar-refractivity contribution in [2.24, 2.45) is 58.2 Å². The van der Waals surface area contributed by atoms with Crippen LogP contribution < -0.4 is 0 Å². The first-order valence-corrected chi connectivity index (χ1v) is 13.2. The molecule has 8 saturated carbocycles. The molecule has 0 amide bonds. The van der Waals surface area contributed by atoms with Crippen LogP contribution in [0.2, 0.25) is 0 Å². The van der Waals surface area contributed by atoms with E-state index >= 15 is 0 Å². The van der Waals surface area contributed by atoms with E-state index < -0.39 is 5.97 Å². The summed E-state index contributed by atoms with van der Waals surface area (Å²) in [6, 6.07) is 0. The van der Waals surface area contributed by atoms with Crippen molar-refractivity contribution in [3.05, 3.63) is 0 Å². The lowest BCUT2D eigenvalue weighted by Gasteiger charge is -2.73. The highest BCUT2D eigenvalue weighted by Crippen LogP contribution is 2.77. The van der Waals surface area contributed by atoms with Crippen LogP contribution in [0.5, 0.6) is 0 Å². The number of hydrogen-bond acceptors (Lipinski definition) is 1. The largest absolute Gasteiger partial charge is 0.481 e.